The van der Waals surface area contributed by atoms with E-state index in [1.807, 2.05) is 0 Å². The van der Waals surface area contributed by atoms with E-state index in [1.54, 1.807) is 0 Å². The Kier molecular flexibility index (Phi) is 7.17. The Morgan fingerprint density at radius 2 is 1.88 bits per heavy atom. The summed E-state index contributed by atoms with van der Waals surface area (Å²) in [6.07, 6.45) is -0.596. The molecule has 0 rings (SSSR count). The molecule has 0 fully saturated rings. The van der Waals surface area contributed by atoms with Crippen molar-refractivity contribution in [3.63, 3.8) is 0 Å². The van der Waals surface area contributed by atoms with Crippen LogP contribution in [0.2, 0.25) is 0 Å². The molecule has 0 aliphatic carbocycles. The van der Waals surface area contributed by atoms with Crippen molar-refractivity contribution in [1.29, 1.82) is 0 Å². The molecule has 8 heavy (non-hydrogen) atoms. The Bertz CT molecular complexity index is 90.7. The minimum atomic E-state index is -1.19. The molecular formula is C3H3ClO3Re. The predicted molar refractivity (Wildman–Crippen MR) is 23.1 cm³/mol. The van der Waals surface area contributed by atoms with Crippen LogP contribution >= 0.6 is 11.6 Å². The van der Waals surface area contributed by atoms with Gasteiger partial charge < -0.3 is 5.11 Å². The maximum atomic E-state index is 9.64. The van der Waals surface area contributed by atoms with Gasteiger partial charge in [-0.2, -0.15) is 0 Å². The second kappa shape index (κ2) is 5.23. The summed E-state index contributed by atoms with van der Waals surface area (Å²) in [7, 11) is 0. The van der Waals surface area contributed by atoms with Gasteiger partial charge in [0.25, 0.3) is 0 Å². The summed E-state index contributed by atoms with van der Waals surface area (Å²) in [6.45, 7) is 0. The van der Waals surface area contributed by atoms with Gasteiger partial charge in [0.15, 0.2) is 0 Å². The molecule has 0 aromatic carbocycles. The summed E-state index contributed by atoms with van der Waals surface area (Å²) in [6, 6.07) is 0. The van der Waals surface area contributed by atoms with E-state index < -0.39 is 17.6 Å². The number of carboxylic acid groups (broad SMARTS) is 1. The molecule has 0 spiro atoms. The molecule has 0 saturated heterocycles. The second-order valence-corrected chi connectivity index (χ2v) is 1.35. The standard InChI is InChI=1S/C3H3ClO3.Re/c4-2(5)1-3(6)7;/h1H2,(H,6,7);. The molecule has 47 valence electrons. The van der Waals surface area contributed by atoms with Gasteiger partial charge in [0.05, 0.1) is 0 Å². The van der Waals surface area contributed by atoms with Crippen LogP contribution in [0.25, 0.3) is 0 Å². The van der Waals surface area contributed by atoms with E-state index in [0.29, 0.717) is 0 Å². The largest absolute Gasteiger partial charge is 0.481 e. The first kappa shape index (κ1) is 11.0. The molecule has 0 heterocycles. The molecule has 0 unspecified atom stereocenters. The number of carboxylic acids is 1. The zero-order valence-electron chi connectivity index (χ0n) is 3.73. The molecule has 0 bridgehead atoms. The summed E-state index contributed by atoms with van der Waals surface area (Å²) in [5, 5.41) is 6.94. The summed E-state index contributed by atoms with van der Waals surface area (Å²) in [5.74, 6) is -1.19. The molecular weight excluding hydrogens is 306 g/mol. The molecule has 3 nitrogen and oxygen atoms in total. The number of carbonyl (C=O) groups is 2. The number of aliphatic carboxylic acids is 1. The predicted octanol–water partition coefficient (Wildman–Crippen LogP) is 0.224. The fourth-order valence-electron chi connectivity index (χ4n) is 0.119. The van der Waals surface area contributed by atoms with Gasteiger partial charge in [-0.25, -0.2) is 0 Å². The van der Waals surface area contributed by atoms with Crippen molar-refractivity contribution >= 4 is 22.8 Å². The first-order valence-corrected chi connectivity index (χ1v) is 1.91. The van der Waals surface area contributed by atoms with Gasteiger partial charge in [-0.15, -0.1) is 0 Å². The summed E-state index contributed by atoms with van der Waals surface area (Å²) in [4.78, 5) is 19.1. The zero-order chi connectivity index (χ0) is 5.86. The Labute approximate surface area is 64.7 Å². The van der Waals surface area contributed by atoms with Gasteiger partial charge in [0.1, 0.15) is 6.42 Å². The third-order valence-electron chi connectivity index (χ3n) is 0.290. The van der Waals surface area contributed by atoms with Gasteiger partial charge in [0, 0.05) is 20.4 Å². The molecule has 5 heteroatoms. The normalized spacial score (nSPS) is 7.12. The van der Waals surface area contributed by atoms with Crippen LogP contribution in [-0.2, 0) is 30.0 Å². The number of halogens is 1. The Morgan fingerprint density at radius 3 is 1.88 bits per heavy atom. The Balaban J connectivity index is 0. The van der Waals surface area contributed by atoms with Crippen LogP contribution in [0.5, 0.6) is 0 Å². The van der Waals surface area contributed by atoms with Crippen LogP contribution < -0.4 is 0 Å². The fraction of sp³-hybridized carbons (Fsp3) is 0.333. The van der Waals surface area contributed by atoms with Gasteiger partial charge in [0.2, 0.25) is 5.24 Å². The van der Waals surface area contributed by atoms with E-state index >= 15 is 0 Å². The molecule has 0 aliphatic rings. The van der Waals surface area contributed by atoms with Crippen LogP contribution in [0, 0.1) is 0 Å². The summed E-state index contributed by atoms with van der Waals surface area (Å²) >= 11 is 4.65. The SMILES string of the molecule is O=C(O)CC(=O)Cl.[Re]. The Hall–Kier alpha value is 0.0923. The van der Waals surface area contributed by atoms with Gasteiger partial charge in [-0.05, 0) is 11.6 Å². The minimum Gasteiger partial charge on any atom is -0.481 e. The average molecular weight is 309 g/mol. The first-order valence-electron chi connectivity index (χ1n) is 1.53. The van der Waals surface area contributed by atoms with E-state index in [0.717, 1.165) is 0 Å². The van der Waals surface area contributed by atoms with Gasteiger partial charge in [-0.3, -0.25) is 9.59 Å². The molecule has 0 amide bonds. The fourth-order valence-corrected chi connectivity index (χ4v) is 0.233. The Morgan fingerprint density at radius 1 is 1.50 bits per heavy atom. The van der Waals surface area contributed by atoms with Crippen molar-refractivity contribution in [2.24, 2.45) is 0 Å². The van der Waals surface area contributed by atoms with E-state index in [4.69, 9.17) is 5.11 Å². The molecule has 0 aliphatic heterocycles. The molecule has 0 aromatic rings. The number of hydrogen-bond acceptors (Lipinski definition) is 2. The maximum Gasteiger partial charge on any atom is 0.312 e. The molecule has 1 radical (unpaired) electrons. The van der Waals surface area contributed by atoms with Crippen molar-refractivity contribution in [3.05, 3.63) is 0 Å². The first-order chi connectivity index (χ1) is 3.13. The molecule has 0 atom stereocenters. The average Bonchev–Trinajstić information content (AvgIpc) is 1.27. The van der Waals surface area contributed by atoms with Crippen LogP contribution in [0.15, 0.2) is 0 Å². The maximum absolute atomic E-state index is 9.64. The van der Waals surface area contributed by atoms with Crippen LogP contribution in [-0.4, -0.2) is 16.3 Å². The van der Waals surface area contributed by atoms with Crippen molar-refractivity contribution in [3.8, 4) is 0 Å². The van der Waals surface area contributed by atoms with E-state index in [9.17, 15) is 9.59 Å². The van der Waals surface area contributed by atoms with Gasteiger partial charge in [-0.1, -0.05) is 0 Å². The smallest absolute Gasteiger partial charge is 0.312 e. The van der Waals surface area contributed by atoms with E-state index in [2.05, 4.69) is 11.6 Å². The monoisotopic (exact) mass is 309 g/mol. The van der Waals surface area contributed by atoms with Crippen molar-refractivity contribution in [1.82, 2.24) is 0 Å². The van der Waals surface area contributed by atoms with Crippen molar-refractivity contribution in [2.45, 2.75) is 6.42 Å². The second-order valence-electron chi connectivity index (χ2n) is 0.926. The molecule has 0 saturated carbocycles. The third kappa shape index (κ3) is 9.43. The number of hydrogen-bond donors (Lipinski definition) is 1. The van der Waals surface area contributed by atoms with Crippen molar-refractivity contribution < 1.29 is 35.1 Å². The van der Waals surface area contributed by atoms with Crippen LogP contribution in [0.1, 0.15) is 6.42 Å². The number of rotatable bonds is 2. The zero-order valence-corrected chi connectivity index (χ0v) is 7.20. The van der Waals surface area contributed by atoms with Crippen LogP contribution in [0.3, 0.4) is 0 Å². The van der Waals surface area contributed by atoms with Crippen LogP contribution in [0.4, 0.5) is 0 Å². The quantitative estimate of drug-likeness (QED) is 0.587. The van der Waals surface area contributed by atoms with Gasteiger partial charge >= 0.3 is 5.97 Å². The minimum absolute atomic E-state index is 0. The van der Waals surface area contributed by atoms with Crippen molar-refractivity contribution in [2.75, 3.05) is 0 Å². The number of carbonyl (C=O) groups excluding carboxylic acids is 1. The van der Waals surface area contributed by atoms with E-state index in [1.165, 1.54) is 0 Å². The third-order valence-corrected chi connectivity index (χ3v) is 0.424. The molecule has 1 N–H and O–H groups in total. The topological polar surface area (TPSA) is 54.4 Å². The molecule has 0 aromatic heterocycles. The van der Waals surface area contributed by atoms with E-state index in [-0.39, 0.29) is 20.4 Å². The summed E-state index contributed by atoms with van der Waals surface area (Å²) < 4.78 is 0. The summed E-state index contributed by atoms with van der Waals surface area (Å²) in [5.41, 5.74) is 0.